The highest BCUT2D eigenvalue weighted by Gasteiger charge is 2.22. The number of methoxy groups -OCH3 is 1. The molecule has 1 aliphatic heterocycles. The molecule has 0 saturated carbocycles. The van der Waals surface area contributed by atoms with E-state index in [0.717, 1.165) is 6.54 Å². The van der Waals surface area contributed by atoms with Crippen LogP contribution in [0, 0.1) is 11.6 Å². The summed E-state index contributed by atoms with van der Waals surface area (Å²) in [7, 11) is 1.38. The first-order valence-corrected chi connectivity index (χ1v) is 5.19. The number of rotatable bonds is 2. The van der Waals surface area contributed by atoms with Gasteiger partial charge in [-0.25, -0.2) is 8.78 Å². The summed E-state index contributed by atoms with van der Waals surface area (Å²) in [5, 5.41) is 6.16. The molecule has 1 atom stereocenters. The second-order valence-electron chi connectivity index (χ2n) is 3.72. The number of hydrogen-bond donors (Lipinski definition) is 2. The van der Waals surface area contributed by atoms with Gasteiger partial charge in [0.15, 0.2) is 0 Å². The van der Waals surface area contributed by atoms with Crippen molar-refractivity contribution in [2.45, 2.75) is 6.04 Å². The highest BCUT2D eigenvalue weighted by molar-refractivity contribution is 5.85. The molecule has 0 aliphatic carbocycles. The second kappa shape index (κ2) is 6.14. The molecule has 1 aromatic rings. The Balaban J connectivity index is 0.00000144. The van der Waals surface area contributed by atoms with Gasteiger partial charge >= 0.3 is 0 Å². The number of ether oxygens (including phenoxy) is 1. The van der Waals surface area contributed by atoms with E-state index in [0.29, 0.717) is 13.1 Å². The van der Waals surface area contributed by atoms with Crippen molar-refractivity contribution in [3.8, 4) is 5.75 Å². The Bertz CT molecular complexity index is 361. The fraction of sp³-hybridized carbons (Fsp3) is 0.455. The second-order valence-corrected chi connectivity index (χ2v) is 3.72. The standard InChI is InChI=1S/C11H14F2N2O.ClH/c1-16-7-4-8(12)11(9(13)5-7)10-6-14-2-3-15-10;/h4-5,10,14-15H,2-3,6H2,1H3;1H/t10-;/m0./s1. The topological polar surface area (TPSA) is 33.3 Å². The van der Waals surface area contributed by atoms with E-state index in [1.54, 1.807) is 0 Å². The summed E-state index contributed by atoms with van der Waals surface area (Å²) in [6.45, 7) is 2.05. The van der Waals surface area contributed by atoms with Crippen LogP contribution >= 0.6 is 12.4 Å². The highest BCUT2D eigenvalue weighted by Crippen LogP contribution is 2.25. The molecule has 0 radical (unpaired) electrons. The Morgan fingerprint density at radius 3 is 2.35 bits per heavy atom. The lowest BCUT2D eigenvalue weighted by molar-refractivity contribution is 0.385. The van der Waals surface area contributed by atoms with Crippen molar-refractivity contribution in [3.63, 3.8) is 0 Å². The molecule has 0 amide bonds. The fourth-order valence-electron chi connectivity index (χ4n) is 1.87. The molecule has 3 nitrogen and oxygen atoms in total. The third kappa shape index (κ3) is 3.06. The molecule has 17 heavy (non-hydrogen) atoms. The van der Waals surface area contributed by atoms with Gasteiger partial charge in [-0.1, -0.05) is 0 Å². The van der Waals surface area contributed by atoms with Gasteiger partial charge in [0.25, 0.3) is 0 Å². The molecular formula is C11H15ClF2N2O. The Labute approximate surface area is 105 Å². The van der Waals surface area contributed by atoms with Gasteiger partial charge in [0.1, 0.15) is 17.4 Å². The molecule has 0 unspecified atom stereocenters. The van der Waals surface area contributed by atoms with Crippen LogP contribution in [0.1, 0.15) is 11.6 Å². The monoisotopic (exact) mass is 264 g/mol. The summed E-state index contributed by atoms with van der Waals surface area (Å²) in [6, 6.07) is 2.09. The number of halogens is 3. The van der Waals surface area contributed by atoms with Gasteiger partial charge in [-0.15, -0.1) is 12.4 Å². The van der Waals surface area contributed by atoms with Crippen LogP contribution in [0.3, 0.4) is 0 Å². The van der Waals surface area contributed by atoms with Gasteiger partial charge in [0.2, 0.25) is 0 Å². The molecule has 1 fully saturated rings. The van der Waals surface area contributed by atoms with E-state index in [-0.39, 0.29) is 29.8 Å². The van der Waals surface area contributed by atoms with E-state index in [2.05, 4.69) is 10.6 Å². The van der Waals surface area contributed by atoms with Crippen molar-refractivity contribution in [3.05, 3.63) is 29.3 Å². The first-order chi connectivity index (χ1) is 7.72. The maximum absolute atomic E-state index is 13.7. The van der Waals surface area contributed by atoms with Crippen molar-refractivity contribution in [1.29, 1.82) is 0 Å². The van der Waals surface area contributed by atoms with Crippen molar-refractivity contribution in [2.24, 2.45) is 0 Å². The number of piperazine rings is 1. The van der Waals surface area contributed by atoms with Crippen LogP contribution < -0.4 is 15.4 Å². The molecule has 0 spiro atoms. The van der Waals surface area contributed by atoms with Gasteiger partial charge in [-0.3, -0.25) is 0 Å². The zero-order chi connectivity index (χ0) is 11.5. The van der Waals surface area contributed by atoms with Crippen molar-refractivity contribution >= 4 is 12.4 Å². The molecule has 0 bridgehead atoms. The lowest BCUT2D eigenvalue weighted by Crippen LogP contribution is -2.43. The zero-order valence-electron chi connectivity index (χ0n) is 9.43. The summed E-state index contributed by atoms with van der Waals surface area (Å²) in [4.78, 5) is 0. The third-order valence-electron chi connectivity index (χ3n) is 2.68. The minimum atomic E-state index is -0.571. The first kappa shape index (κ1) is 14.2. The van der Waals surface area contributed by atoms with Gasteiger partial charge in [-0.2, -0.15) is 0 Å². The van der Waals surface area contributed by atoms with Crippen molar-refractivity contribution in [2.75, 3.05) is 26.7 Å². The summed E-state index contributed by atoms with van der Waals surface area (Å²) >= 11 is 0. The molecule has 0 aromatic heterocycles. The minimum absolute atomic E-state index is 0. The SMILES string of the molecule is COc1cc(F)c([C@@H]2CNCCN2)c(F)c1.Cl. The Hall–Kier alpha value is -0.910. The number of hydrogen-bond acceptors (Lipinski definition) is 3. The Morgan fingerprint density at radius 1 is 1.24 bits per heavy atom. The molecule has 1 aromatic carbocycles. The average molecular weight is 265 g/mol. The molecule has 1 heterocycles. The first-order valence-electron chi connectivity index (χ1n) is 5.19. The predicted molar refractivity (Wildman–Crippen MR) is 63.8 cm³/mol. The van der Waals surface area contributed by atoms with Gasteiger partial charge in [0.05, 0.1) is 13.2 Å². The lowest BCUT2D eigenvalue weighted by atomic mass is 10.0. The maximum atomic E-state index is 13.7. The molecule has 6 heteroatoms. The van der Waals surface area contributed by atoms with Crippen molar-refractivity contribution < 1.29 is 13.5 Å². The lowest BCUT2D eigenvalue weighted by Gasteiger charge is -2.25. The van der Waals surface area contributed by atoms with E-state index in [1.165, 1.54) is 19.2 Å². The molecule has 96 valence electrons. The van der Waals surface area contributed by atoms with Crippen LogP contribution in [0.25, 0.3) is 0 Å². The Morgan fingerprint density at radius 2 is 1.88 bits per heavy atom. The third-order valence-corrected chi connectivity index (χ3v) is 2.68. The molecule has 2 rings (SSSR count). The van der Waals surface area contributed by atoms with Crippen LogP contribution in [0.2, 0.25) is 0 Å². The van der Waals surface area contributed by atoms with E-state index in [9.17, 15) is 8.78 Å². The van der Waals surface area contributed by atoms with E-state index in [4.69, 9.17) is 4.74 Å². The van der Waals surface area contributed by atoms with E-state index in [1.807, 2.05) is 0 Å². The maximum Gasteiger partial charge on any atom is 0.134 e. The average Bonchev–Trinajstić information content (AvgIpc) is 2.29. The quantitative estimate of drug-likeness (QED) is 0.852. The van der Waals surface area contributed by atoms with Gasteiger partial charge < -0.3 is 15.4 Å². The zero-order valence-corrected chi connectivity index (χ0v) is 10.2. The van der Waals surface area contributed by atoms with Crippen LogP contribution in [-0.4, -0.2) is 26.7 Å². The largest absolute Gasteiger partial charge is 0.497 e. The summed E-state index contributed by atoms with van der Waals surface area (Å²) in [5.74, 6) is -0.946. The number of nitrogens with one attached hydrogen (secondary N) is 2. The van der Waals surface area contributed by atoms with Crippen LogP contribution in [0.5, 0.6) is 5.75 Å². The summed E-state index contributed by atoms with van der Waals surface area (Å²) < 4.78 is 32.2. The Kier molecular flexibility index (Phi) is 5.11. The van der Waals surface area contributed by atoms with Gasteiger partial charge in [-0.05, 0) is 0 Å². The van der Waals surface area contributed by atoms with Crippen LogP contribution in [-0.2, 0) is 0 Å². The molecule has 1 aliphatic rings. The van der Waals surface area contributed by atoms with Gasteiger partial charge in [0, 0.05) is 37.3 Å². The molecule has 1 saturated heterocycles. The predicted octanol–water partition coefficient (Wildman–Crippen LogP) is 1.63. The van der Waals surface area contributed by atoms with E-state index >= 15 is 0 Å². The summed E-state index contributed by atoms with van der Waals surface area (Å²) in [5.41, 5.74) is 0.0769. The highest BCUT2D eigenvalue weighted by atomic mass is 35.5. The van der Waals surface area contributed by atoms with Crippen LogP contribution in [0.4, 0.5) is 8.78 Å². The van der Waals surface area contributed by atoms with Crippen molar-refractivity contribution in [1.82, 2.24) is 10.6 Å². The van der Waals surface area contributed by atoms with Crippen LogP contribution in [0.15, 0.2) is 12.1 Å². The summed E-state index contributed by atoms with van der Waals surface area (Å²) in [6.07, 6.45) is 0. The molecular weight excluding hydrogens is 250 g/mol. The smallest absolute Gasteiger partial charge is 0.134 e. The minimum Gasteiger partial charge on any atom is -0.497 e. The fourth-order valence-corrected chi connectivity index (χ4v) is 1.87. The number of benzene rings is 1. The van der Waals surface area contributed by atoms with E-state index < -0.39 is 11.6 Å². The normalized spacial score (nSPS) is 19.6. The molecule has 2 N–H and O–H groups in total.